The number of benzene rings is 2. The molecule has 16 nitrogen and oxygen atoms in total. The number of urea groups is 1. The number of ether oxygens (including phenoxy) is 1. The van der Waals surface area contributed by atoms with Crippen molar-refractivity contribution in [3.05, 3.63) is 83.7 Å². The minimum Gasteiger partial charge on any atom is -0.490 e. The maximum atomic E-state index is 13.6. The van der Waals surface area contributed by atoms with Gasteiger partial charge >= 0.3 is 6.03 Å². The summed E-state index contributed by atoms with van der Waals surface area (Å²) >= 11 is 0. The second-order valence-corrected chi connectivity index (χ2v) is 18.2. The van der Waals surface area contributed by atoms with E-state index in [0.717, 1.165) is 67.1 Å². The molecule has 1 aliphatic carbocycles. The average Bonchev–Trinajstić information content (AvgIpc) is 3.52. The fourth-order valence-corrected chi connectivity index (χ4v) is 10.1. The highest BCUT2D eigenvalue weighted by Crippen LogP contribution is 2.36. The Morgan fingerprint density at radius 1 is 0.953 bits per heavy atom. The quantitative estimate of drug-likeness (QED) is 0.189. The highest BCUT2D eigenvalue weighted by molar-refractivity contribution is 6.23. The van der Waals surface area contributed by atoms with Crippen LogP contribution in [0.3, 0.4) is 0 Å². The normalized spacial score (nSPS) is 23.9. The Morgan fingerprint density at radius 2 is 1.73 bits per heavy atom. The van der Waals surface area contributed by atoms with Crippen molar-refractivity contribution in [2.45, 2.75) is 103 Å². The molecule has 64 heavy (non-hydrogen) atoms. The Morgan fingerprint density at radius 3 is 2.45 bits per heavy atom. The third-order valence-corrected chi connectivity index (χ3v) is 13.7. The van der Waals surface area contributed by atoms with Crippen molar-refractivity contribution in [3.8, 4) is 11.8 Å². The van der Waals surface area contributed by atoms with Gasteiger partial charge in [-0.15, -0.1) is 0 Å². The number of pyridine rings is 2. The fourth-order valence-electron chi connectivity index (χ4n) is 10.1. The van der Waals surface area contributed by atoms with Crippen molar-refractivity contribution >= 4 is 57.8 Å². The number of hydrogen-bond acceptors (Lipinski definition) is 12. The van der Waals surface area contributed by atoms with Crippen molar-refractivity contribution in [2.24, 2.45) is 5.92 Å². The topological polar surface area (TPSA) is 184 Å². The van der Waals surface area contributed by atoms with Gasteiger partial charge in [-0.2, -0.15) is 5.26 Å². The third kappa shape index (κ3) is 8.20. The van der Waals surface area contributed by atoms with E-state index >= 15 is 0 Å². The van der Waals surface area contributed by atoms with Crippen molar-refractivity contribution < 1.29 is 28.7 Å². The van der Waals surface area contributed by atoms with Crippen molar-refractivity contribution in [2.75, 3.05) is 47.8 Å². The SMILES string of the molecule is CC(C)N(CC1CCN(c2ccc(NC(=O)N3C[C@H](C)N(c4ccc(C#N)c5ncccc45)C[C@H]3C)cn2)CC1)[C@H]1C[C@H](Oc2ccc3c(c2)C(=O)N(C2CCC(=O)NC2=O)C3=O)C1. The highest BCUT2D eigenvalue weighted by Gasteiger charge is 2.45. The second-order valence-electron chi connectivity index (χ2n) is 18.2. The first-order chi connectivity index (χ1) is 30.9. The number of anilines is 3. The molecule has 2 aromatic carbocycles. The number of nitriles is 1. The summed E-state index contributed by atoms with van der Waals surface area (Å²) < 4.78 is 6.31. The van der Waals surface area contributed by atoms with Gasteiger partial charge in [0.25, 0.3) is 11.8 Å². The summed E-state index contributed by atoms with van der Waals surface area (Å²) in [5.41, 5.74) is 3.36. The van der Waals surface area contributed by atoms with Crippen LogP contribution >= 0.6 is 0 Å². The van der Waals surface area contributed by atoms with Gasteiger partial charge in [0.05, 0.1) is 34.1 Å². The molecule has 0 spiro atoms. The van der Waals surface area contributed by atoms with E-state index in [9.17, 15) is 29.2 Å². The largest absolute Gasteiger partial charge is 0.490 e. The summed E-state index contributed by atoms with van der Waals surface area (Å²) in [5, 5.41) is 15.8. The number of carbonyl (C=O) groups is 5. The molecule has 3 atom stereocenters. The van der Waals surface area contributed by atoms with Crippen LogP contribution in [-0.4, -0.2) is 123 Å². The zero-order valence-corrected chi connectivity index (χ0v) is 36.7. The van der Waals surface area contributed by atoms with Gasteiger partial charge in [0.15, 0.2) is 0 Å². The molecule has 6 heterocycles. The lowest BCUT2D eigenvalue weighted by Crippen LogP contribution is -2.59. The van der Waals surface area contributed by atoms with Gasteiger partial charge in [-0.3, -0.25) is 39.3 Å². The molecule has 5 aliphatic rings. The molecule has 3 saturated heterocycles. The van der Waals surface area contributed by atoms with Crippen LogP contribution in [0, 0.1) is 17.2 Å². The molecule has 4 fully saturated rings. The lowest BCUT2D eigenvalue weighted by Gasteiger charge is -2.46. The standard InChI is InChI=1S/C48H54N10O6/c1-28(2)55(34-20-36(21-34)64-35-9-10-37-39(22-35)47(62)58(46(37)61)41-12-14-43(59)53-45(41)60)27-31-15-18-54(19-16-31)42-13-8-33(24-51-42)52-48(63)57-26-29(3)56(25-30(57)4)40-11-7-32(23-49)44-38(40)6-5-17-50-44/h5-11,13,17,22,24,28-31,34,36,41H,12,14-16,18-21,25-27H2,1-4H3,(H,52,63)(H,53,59,60)/t29-,30+,34-,36-,41?/m0/s1. The van der Waals surface area contributed by atoms with Crippen LogP contribution in [0.4, 0.5) is 22.0 Å². The number of hydrogen-bond donors (Lipinski definition) is 2. The predicted octanol–water partition coefficient (Wildman–Crippen LogP) is 5.57. The van der Waals surface area contributed by atoms with Crippen LogP contribution in [0.15, 0.2) is 67.0 Å². The van der Waals surface area contributed by atoms with Gasteiger partial charge in [-0.25, -0.2) is 9.78 Å². The van der Waals surface area contributed by atoms with Gasteiger partial charge in [0, 0.05) is 93.4 Å². The second kappa shape index (κ2) is 17.5. The number of amides is 6. The molecule has 16 heteroatoms. The number of piperazine rings is 1. The molecule has 2 N–H and O–H groups in total. The molecule has 0 bridgehead atoms. The van der Waals surface area contributed by atoms with Crippen LogP contribution in [0.5, 0.6) is 5.75 Å². The van der Waals surface area contributed by atoms with Gasteiger partial charge < -0.3 is 24.8 Å². The Kier molecular flexibility index (Phi) is 11.7. The number of nitrogens with one attached hydrogen (secondary N) is 2. The zero-order valence-electron chi connectivity index (χ0n) is 36.7. The Bertz CT molecular complexity index is 2530. The van der Waals surface area contributed by atoms with Gasteiger partial charge in [0.2, 0.25) is 11.8 Å². The first kappa shape index (κ1) is 42.7. The number of piperidine rings is 2. The van der Waals surface area contributed by atoms with E-state index in [1.54, 1.807) is 30.6 Å². The summed E-state index contributed by atoms with van der Waals surface area (Å²) in [5.74, 6) is -0.138. The van der Waals surface area contributed by atoms with Gasteiger partial charge in [-0.1, -0.05) is 0 Å². The summed E-state index contributed by atoms with van der Waals surface area (Å²) in [4.78, 5) is 83.4. The first-order valence-corrected chi connectivity index (χ1v) is 22.5. The van der Waals surface area contributed by atoms with Crippen LogP contribution in [0.1, 0.15) is 92.5 Å². The third-order valence-electron chi connectivity index (χ3n) is 13.7. The van der Waals surface area contributed by atoms with Crippen LogP contribution in [0.2, 0.25) is 0 Å². The predicted molar refractivity (Wildman–Crippen MR) is 240 cm³/mol. The van der Waals surface area contributed by atoms with Gasteiger partial charge in [0.1, 0.15) is 29.8 Å². The van der Waals surface area contributed by atoms with Crippen molar-refractivity contribution in [3.63, 3.8) is 0 Å². The summed E-state index contributed by atoms with van der Waals surface area (Å²) in [7, 11) is 0. The van der Waals surface area contributed by atoms with E-state index < -0.39 is 29.7 Å². The molecule has 332 valence electrons. The molecule has 9 rings (SSSR count). The molecule has 4 aromatic rings. The van der Waals surface area contributed by atoms with E-state index in [-0.39, 0.29) is 48.2 Å². The summed E-state index contributed by atoms with van der Waals surface area (Å²) in [6.07, 6.45) is 7.43. The minimum absolute atomic E-state index is 0.0141. The van der Waals surface area contributed by atoms with Gasteiger partial charge in [-0.05, 0) is 107 Å². The molecule has 4 aliphatic heterocycles. The smallest absolute Gasteiger partial charge is 0.322 e. The number of imide groups is 2. The number of carbonyl (C=O) groups excluding carboxylic acids is 5. The van der Waals surface area contributed by atoms with Crippen molar-refractivity contribution in [1.29, 1.82) is 5.26 Å². The Balaban J connectivity index is 0.732. The molecule has 2 aromatic heterocycles. The maximum Gasteiger partial charge on any atom is 0.322 e. The zero-order chi connectivity index (χ0) is 44.8. The molecular formula is C48H54N10O6. The lowest BCUT2D eigenvalue weighted by molar-refractivity contribution is -0.136. The number of fused-ring (bicyclic) bond motifs is 2. The molecule has 6 amide bonds. The Hall–Kier alpha value is -6.60. The molecule has 1 unspecified atom stereocenters. The van der Waals surface area contributed by atoms with Crippen LogP contribution in [-0.2, 0) is 9.59 Å². The number of nitrogens with zero attached hydrogens (tertiary/aromatic N) is 8. The minimum atomic E-state index is -1.00. The van der Waals surface area contributed by atoms with E-state index in [4.69, 9.17) is 9.72 Å². The monoisotopic (exact) mass is 866 g/mol. The van der Waals surface area contributed by atoms with E-state index in [0.29, 0.717) is 53.6 Å². The summed E-state index contributed by atoms with van der Waals surface area (Å²) in [6.45, 7) is 12.6. The molecular weight excluding hydrogens is 813 g/mol. The van der Waals surface area contributed by atoms with Crippen LogP contribution in [0.25, 0.3) is 10.9 Å². The average molecular weight is 867 g/mol. The summed E-state index contributed by atoms with van der Waals surface area (Å²) in [6, 6.07) is 18.3. The molecule has 1 saturated carbocycles. The number of rotatable bonds is 10. The van der Waals surface area contributed by atoms with E-state index in [2.05, 4.69) is 64.1 Å². The maximum absolute atomic E-state index is 13.6. The fraction of sp³-hybridized carbons (Fsp3) is 0.458. The number of aromatic nitrogens is 2. The van der Waals surface area contributed by atoms with E-state index in [1.165, 1.54) is 0 Å². The van der Waals surface area contributed by atoms with E-state index in [1.807, 2.05) is 41.3 Å². The first-order valence-electron chi connectivity index (χ1n) is 22.5. The molecule has 0 radical (unpaired) electrons. The van der Waals surface area contributed by atoms with Crippen molar-refractivity contribution in [1.82, 2.24) is 30.0 Å². The Labute approximate surface area is 372 Å². The highest BCUT2D eigenvalue weighted by atomic mass is 16.5. The van der Waals surface area contributed by atoms with Crippen LogP contribution < -0.4 is 25.2 Å². The lowest BCUT2D eigenvalue weighted by atomic mass is 9.85.